The first-order valence-electron chi connectivity index (χ1n) is 7.16. The molecular weight excluding hydrogens is 218 g/mol. The topological polar surface area (TPSA) is 26.0 Å². The fourth-order valence-electron chi connectivity index (χ4n) is 3.94. The van der Waals surface area contributed by atoms with Crippen molar-refractivity contribution < 1.29 is 0 Å². The van der Waals surface area contributed by atoms with Crippen LogP contribution >= 0.6 is 0 Å². The monoisotopic (exact) mass is 245 g/mol. The molecule has 1 nitrogen and oxygen atoms in total. The van der Waals surface area contributed by atoms with Crippen LogP contribution in [-0.2, 0) is 0 Å². The number of nitrogens with two attached hydrogens (primary N) is 1. The molecule has 1 fully saturated rings. The molecule has 0 amide bonds. The lowest BCUT2D eigenvalue weighted by atomic mass is 9.74. The van der Waals surface area contributed by atoms with E-state index >= 15 is 0 Å². The summed E-state index contributed by atoms with van der Waals surface area (Å²) in [7, 11) is 0. The van der Waals surface area contributed by atoms with Crippen LogP contribution in [0.5, 0.6) is 0 Å². The molecule has 2 unspecified atom stereocenters. The van der Waals surface area contributed by atoms with Crippen LogP contribution < -0.4 is 5.73 Å². The van der Waals surface area contributed by atoms with Crippen molar-refractivity contribution in [2.45, 2.75) is 59.9 Å². The third-order valence-electron chi connectivity index (χ3n) is 4.84. The van der Waals surface area contributed by atoms with Gasteiger partial charge in [0.1, 0.15) is 0 Å². The van der Waals surface area contributed by atoms with E-state index in [0.29, 0.717) is 11.3 Å². The summed E-state index contributed by atoms with van der Waals surface area (Å²) in [6, 6.07) is 4.73. The number of hydrogen-bond acceptors (Lipinski definition) is 1. The Labute approximate surface area is 112 Å². The van der Waals surface area contributed by atoms with Gasteiger partial charge in [-0.25, -0.2) is 0 Å². The Morgan fingerprint density at radius 1 is 1.17 bits per heavy atom. The molecule has 1 aliphatic rings. The molecule has 1 heteroatoms. The predicted molar refractivity (Wildman–Crippen MR) is 78.7 cm³/mol. The highest BCUT2D eigenvalue weighted by atomic mass is 14.7. The molecule has 1 saturated carbocycles. The van der Waals surface area contributed by atoms with Crippen molar-refractivity contribution in [3.8, 4) is 0 Å². The lowest BCUT2D eigenvalue weighted by Crippen LogP contribution is -2.30. The van der Waals surface area contributed by atoms with Crippen molar-refractivity contribution in [2.75, 3.05) is 0 Å². The zero-order valence-electron chi connectivity index (χ0n) is 12.5. The Hall–Kier alpha value is -0.820. The average Bonchev–Trinajstić information content (AvgIpc) is 2.56. The number of hydrogen-bond donors (Lipinski definition) is 1. The Bertz CT molecular complexity index is 422. The van der Waals surface area contributed by atoms with Gasteiger partial charge in [-0.1, -0.05) is 38.0 Å². The third-order valence-corrected chi connectivity index (χ3v) is 4.84. The van der Waals surface area contributed by atoms with E-state index in [2.05, 4.69) is 46.8 Å². The van der Waals surface area contributed by atoms with Crippen molar-refractivity contribution in [3.05, 3.63) is 34.4 Å². The van der Waals surface area contributed by atoms with Gasteiger partial charge in [0.2, 0.25) is 0 Å². The van der Waals surface area contributed by atoms with Gasteiger partial charge < -0.3 is 5.73 Å². The highest BCUT2D eigenvalue weighted by molar-refractivity contribution is 5.40. The molecule has 2 atom stereocenters. The van der Waals surface area contributed by atoms with Crippen LogP contribution in [0.3, 0.4) is 0 Å². The molecule has 2 N–H and O–H groups in total. The van der Waals surface area contributed by atoms with Gasteiger partial charge in [-0.3, -0.25) is 0 Å². The quantitative estimate of drug-likeness (QED) is 0.819. The van der Waals surface area contributed by atoms with Gasteiger partial charge >= 0.3 is 0 Å². The molecule has 18 heavy (non-hydrogen) atoms. The second-order valence-corrected chi connectivity index (χ2v) is 6.83. The van der Waals surface area contributed by atoms with Gasteiger partial charge in [-0.05, 0) is 61.6 Å². The van der Waals surface area contributed by atoms with Crippen molar-refractivity contribution in [2.24, 2.45) is 17.1 Å². The summed E-state index contributed by atoms with van der Waals surface area (Å²) in [5.74, 6) is 0.623. The summed E-state index contributed by atoms with van der Waals surface area (Å²) in [5, 5.41) is 0. The van der Waals surface area contributed by atoms with E-state index in [1.807, 2.05) is 0 Å². The summed E-state index contributed by atoms with van der Waals surface area (Å²) in [5.41, 5.74) is 12.5. The fraction of sp³-hybridized carbons (Fsp3) is 0.647. The highest BCUT2D eigenvalue weighted by Gasteiger charge is 2.39. The van der Waals surface area contributed by atoms with E-state index in [-0.39, 0.29) is 6.04 Å². The van der Waals surface area contributed by atoms with Gasteiger partial charge in [0.15, 0.2) is 0 Å². The van der Waals surface area contributed by atoms with Crippen LogP contribution in [0.2, 0.25) is 0 Å². The van der Waals surface area contributed by atoms with E-state index in [9.17, 15) is 0 Å². The fourth-order valence-corrected chi connectivity index (χ4v) is 3.94. The molecule has 1 aliphatic carbocycles. The number of aryl methyl sites for hydroxylation is 3. The molecule has 100 valence electrons. The predicted octanol–water partition coefficient (Wildman–Crippen LogP) is 4.44. The van der Waals surface area contributed by atoms with Crippen LogP contribution in [-0.4, -0.2) is 0 Å². The van der Waals surface area contributed by atoms with Gasteiger partial charge in [0.05, 0.1) is 0 Å². The van der Waals surface area contributed by atoms with Crippen molar-refractivity contribution in [1.29, 1.82) is 0 Å². The molecule has 0 heterocycles. The first-order valence-corrected chi connectivity index (χ1v) is 7.16. The van der Waals surface area contributed by atoms with Crippen LogP contribution in [0.1, 0.15) is 61.4 Å². The van der Waals surface area contributed by atoms with Gasteiger partial charge in [0, 0.05) is 6.04 Å². The van der Waals surface area contributed by atoms with E-state index in [1.54, 1.807) is 0 Å². The lowest BCUT2D eigenvalue weighted by molar-refractivity contribution is 0.221. The highest BCUT2D eigenvalue weighted by Crippen LogP contribution is 2.48. The second-order valence-electron chi connectivity index (χ2n) is 6.83. The molecule has 0 bridgehead atoms. The first-order chi connectivity index (χ1) is 8.33. The SMILES string of the molecule is Cc1cc(C)c(C(N)C2CCCC2(C)C)c(C)c1. The van der Waals surface area contributed by atoms with E-state index < -0.39 is 0 Å². The van der Waals surface area contributed by atoms with Gasteiger partial charge in [-0.2, -0.15) is 0 Å². The summed E-state index contributed by atoms with van der Waals surface area (Å²) < 4.78 is 0. The van der Waals surface area contributed by atoms with Crippen LogP contribution in [0.25, 0.3) is 0 Å². The molecule has 0 radical (unpaired) electrons. The second kappa shape index (κ2) is 4.70. The van der Waals surface area contributed by atoms with Crippen LogP contribution in [0, 0.1) is 32.1 Å². The normalized spacial score (nSPS) is 24.2. The van der Waals surface area contributed by atoms with E-state index in [4.69, 9.17) is 5.73 Å². The summed E-state index contributed by atoms with van der Waals surface area (Å²) >= 11 is 0. The lowest BCUT2D eigenvalue weighted by Gasteiger charge is -2.33. The minimum atomic E-state index is 0.197. The molecule has 2 rings (SSSR count). The van der Waals surface area contributed by atoms with Crippen molar-refractivity contribution in [3.63, 3.8) is 0 Å². The molecule has 1 aromatic rings. The molecule has 0 aliphatic heterocycles. The molecular formula is C17H27N. The summed E-state index contributed by atoms with van der Waals surface area (Å²) in [4.78, 5) is 0. The Balaban J connectivity index is 2.37. The maximum absolute atomic E-state index is 6.63. The Morgan fingerprint density at radius 3 is 2.17 bits per heavy atom. The third kappa shape index (κ3) is 2.33. The maximum Gasteiger partial charge on any atom is 0.0333 e. The zero-order valence-corrected chi connectivity index (χ0v) is 12.5. The van der Waals surface area contributed by atoms with Crippen molar-refractivity contribution >= 4 is 0 Å². The summed E-state index contributed by atoms with van der Waals surface area (Å²) in [6.07, 6.45) is 3.92. The largest absolute Gasteiger partial charge is 0.324 e. The minimum Gasteiger partial charge on any atom is -0.324 e. The molecule has 0 aromatic heterocycles. The van der Waals surface area contributed by atoms with E-state index in [1.165, 1.54) is 41.5 Å². The van der Waals surface area contributed by atoms with Gasteiger partial charge in [0.25, 0.3) is 0 Å². The smallest absolute Gasteiger partial charge is 0.0333 e. The Morgan fingerprint density at radius 2 is 1.72 bits per heavy atom. The molecule has 0 saturated heterocycles. The van der Waals surface area contributed by atoms with E-state index in [0.717, 1.165) is 0 Å². The van der Waals surface area contributed by atoms with Crippen LogP contribution in [0.15, 0.2) is 12.1 Å². The van der Waals surface area contributed by atoms with Crippen LogP contribution in [0.4, 0.5) is 0 Å². The number of benzene rings is 1. The maximum atomic E-state index is 6.63. The van der Waals surface area contributed by atoms with Crippen molar-refractivity contribution in [1.82, 2.24) is 0 Å². The minimum absolute atomic E-state index is 0.197. The average molecular weight is 245 g/mol. The zero-order chi connectivity index (χ0) is 13.5. The van der Waals surface area contributed by atoms with Gasteiger partial charge in [-0.15, -0.1) is 0 Å². The standard InChI is InChI=1S/C17H27N/c1-11-9-12(2)15(13(3)10-11)16(18)14-7-6-8-17(14,4)5/h9-10,14,16H,6-8,18H2,1-5H3. The first kappa shape index (κ1) is 13.6. The molecule has 0 spiro atoms. The summed E-state index contributed by atoms with van der Waals surface area (Å²) in [6.45, 7) is 11.3. The Kier molecular flexibility index (Phi) is 3.55. The molecule has 1 aromatic carbocycles. The number of rotatable bonds is 2.